The number of hydrogen-bond donors (Lipinski definition) is 1. The Bertz CT molecular complexity index is 431. The molecule has 0 atom stereocenters. The van der Waals surface area contributed by atoms with Crippen LogP contribution >= 0.6 is 0 Å². The van der Waals surface area contributed by atoms with Crippen molar-refractivity contribution in [3.05, 3.63) is 42.2 Å². The number of pyridine rings is 2. The van der Waals surface area contributed by atoms with Gasteiger partial charge in [-0.2, -0.15) is 0 Å². The molecule has 0 spiro atoms. The molecule has 0 amide bonds. The van der Waals surface area contributed by atoms with Crippen molar-refractivity contribution in [3.8, 4) is 11.3 Å². The van der Waals surface area contributed by atoms with E-state index >= 15 is 0 Å². The van der Waals surface area contributed by atoms with Gasteiger partial charge in [0.15, 0.2) is 0 Å². The van der Waals surface area contributed by atoms with Gasteiger partial charge in [0.05, 0.1) is 5.69 Å². The third-order valence-corrected chi connectivity index (χ3v) is 2.23. The Morgan fingerprint density at radius 2 is 1.87 bits per heavy atom. The first-order valence-electron chi connectivity index (χ1n) is 4.86. The molecule has 0 aliphatic rings. The minimum atomic E-state index is 0.867. The van der Waals surface area contributed by atoms with Crippen LogP contribution in [-0.4, -0.2) is 17.0 Å². The Hall–Kier alpha value is -1.90. The van der Waals surface area contributed by atoms with Gasteiger partial charge in [-0.25, -0.2) is 4.98 Å². The normalized spacial score (nSPS) is 10.0. The summed E-state index contributed by atoms with van der Waals surface area (Å²) in [4.78, 5) is 8.59. The molecule has 0 aliphatic heterocycles. The van der Waals surface area contributed by atoms with Crippen LogP contribution in [0.1, 0.15) is 5.56 Å². The lowest BCUT2D eigenvalue weighted by Gasteiger charge is -2.02. The number of anilines is 1. The van der Waals surface area contributed by atoms with Crippen LogP contribution in [0.15, 0.2) is 36.7 Å². The van der Waals surface area contributed by atoms with Gasteiger partial charge < -0.3 is 5.32 Å². The molecule has 0 saturated heterocycles. The van der Waals surface area contributed by atoms with Crippen LogP contribution in [0.4, 0.5) is 5.82 Å². The maximum atomic E-state index is 4.34. The quantitative estimate of drug-likeness (QED) is 0.807. The molecule has 15 heavy (non-hydrogen) atoms. The summed E-state index contributed by atoms with van der Waals surface area (Å²) < 4.78 is 0. The topological polar surface area (TPSA) is 37.8 Å². The summed E-state index contributed by atoms with van der Waals surface area (Å²) >= 11 is 0. The Kier molecular flexibility index (Phi) is 2.63. The fraction of sp³-hybridized carbons (Fsp3) is 0.167. The average molecular weight is 199 g/mol. The van der Waals surface area contributed by atoms with Gasteiger partial charge in [-0.05, 0) is 30.7 Å². The van der Waals surface area contributed by atoms with Crippen LogP contribution in [0, 0.1) is 6.92 Å². The van der Waals surface area contributed by atoms with E-state index in [1.54, 1.807) is 0 Å². The Balaban J connectivity index is 2.33. The molecular formula is C12H13N3. The second kappa shape index (κ2) is 4.09. The summed E-state index contributed by atoms with van der Waals surface area (Å²) in [6, 6.07) is 8.01. The third kappa shape index (κ3) is 2.13. The number of rotatable bonds is 2. The molecule has 0 radical (unpaired) electrons. The standard InChI is InChI=1S/C12H13N3/c1-9-3-5-11(14-7-9)10-4-6-12(13-2)15-8-10/h3-8H,1-2H3,(H,13,15). The maximum absolute atomic E-state index is 4.34. The fourth-order valence-corrected chi connectivity index (χ4v) is 1.33. The maximum Gasteiger partial charge on any atom is 0.125 e. The summed E-state index contributed by atoms with van der Waals surface area (Å²) in [5.74, 6) is 0.867. The van der Waals surface area contributed by atoms with Crippen LogP contribution < -0.4 is 5.32 Å². The Morgan fingerprint density at radius 3 is 2.40 bits per heavy atom. The summed E-state index contributed by atoms with van der Waals surface area (Å²) in [5.41, 5.74) is 3.16. The van der Waals surface area contributed by atoms with Gasteiger partial charge in [0, 0.05) is 25.0 Å². The number of hydrogen-bond acceptors (Lipinski definition) is 3. The van der Waals surface area contributed by atoms with E-state index in [1.165, 1.54) is 5.56 Å². The van der Waals surface area contributed by atoms with Crippen molar-refractivity contribution in [1.82, 2.24) is 9.97 Å². The van der Waals surface area contributed by atoms with E-state index in [4.69, 9.17) is 0 Å². The van der Waals surface area contributed by atoms with E-state index in [0.29, 0.717) is 0 Å². The second-order valence-electron chi connectivity index (χ2n) is 3.40. The van der Waals surface area contributed by atoms with E-state index in [0.717, 1.165) is 17.1 Å². The molecule has 3 nitrogen and oxygen atoms in total. The van der Waals surface area contributed by atoms with Crippen LogP contribution in [0.2, 0.25) is 0 Å². The number of nitrogens with zero attached hydrogens (tertiary/aromatic N) is 2. The molecule has 0 saturated carbocycles. The summed E-state index contributed by atoms with van der Waals surface area (Å²) in [7, 11) is 1.85. The van der Waals surface area contributed by atoms with Crippen molar-refractivity contribution in [1.29, 1.82) is 0 Å². The highest BCUT2D eigenvalue weighted by molar-refractivity contribution is 5.59. The lowest BCUT2D eigenvalue weighted by molar-refractivity contribution is 1.24. The second-order valence-corrected chi connectivity index (χ2v) is 3.40. The Morgan fingerprint density at radius 1 is 1.00 bits per heavy atom. The largest absolute Gasteiger partial charge is 0.373 e. The van der Waals surface area contributed by atoms with Gasteiger partial charge >= 0.3 is 0 Å². The molecule has 0 aliphatic carbocycles. The van der Waals surface area contributed by atoms with Gasteiger partial charge in [-0.3, -0.25) is 4.98 Å². The van der Waals surface area contributed by atoms with E-state index in [-0.39, 0.29) is 0 Å². The lowest BCUT2D eigenvalue weighted by Crippen LogP contribution is -1.92. The highest BCUT2D eigenvalue weighted by Gasteiger charge is 1.98. The van der Waals surface area contributed by atoms with Gasteiger partial charge in [0.2, 0.25) is 0 Å². The summed E-state index contributed by atoms with van der Waals surface area (Å²) in [6.45, 7) is 2.03. The highest BCUT2D eigenvalue weighted by Crippen LogP contribution is 2.16. The zero-order valence-corrected chi connectivity index (χ0v) is 8.86. The van der Waals surface area contributed by atoms with E-state index in [9.17, 15) is 0 Å². The predicted octanol–water partition coefficient (Wildman–Crippen LogP) is 2.49. The highest BCUT2D eigenvalue weighted by atomic mass is 14.9. The first kappa shape index (κ1) is 9.65. The van der Waals surface area contributed by atoms with Crippen LogP contribution in [0.25, 0.3) is 11.3 Å². The average Bonchev–Trinajstić information content (AvgIpc) is 2.30. The molecule has 1 N–H and O–H groups in total. The molecule has 0 bridgehead atoms. The van der Waals surface area contributed by atoms with Crippen LogP contribution in [0.3, 0.4) is 0 Å². The zero-order valence-electron chi connectivity index (χ0n) is 8.86. The third-order valence-electron chi connectivity index (χ3n) is 2.23. The van der Waals surface area contributed by atoms with Gasteiger partial charge in [0.25, 0.3) is 0 Å². The molecule has 3 heteroatoms. The molecule has 2 aromatic heterocycles. The smallest absolute Gasteiger partial charge is 0.125 e. The number of nitrogens with one attached hydrogen (secondary N) is 1. The van der Waals surface area contributed by atoms with E-state index in [1.807, 2.05) is 50.6 Å². The Labute approximate surface area is 89.2 Å². The predicted molar refractivity (Wildman–Crippen MR) is 61.8 cm³/mol. The molecular weight excluding hydrogens is 186 g/mol. The number of aromatic nitrogens is 2. The van der Waals surface area contributed by atoms with E-state index in [2.05, 4.69) is 15.3 Å². The first-order chi connectivity index (χ1) is 7.29. The molecule has 0 unspecified atom stereocenters. The molecule has 0 fully saturated rings. The minimum absolute atomic E-state index is 0.867. The monoisotopic (exact) mass is 199 g/mol. The fourth-order valence-electron chi connectivity index (χ4n) is 1.33. The van der Waals surface area contributed by atoms with Gasteiger partial charge in [-0.1, -0.05) is 6.07 Å². The van der Waals surface area contributed by atoms with Gasteiger partial charge in [0.1, 0.15) is 5.82 Å². The van der Waals surface area contributed by atoms with Crippen LogP contribution in [-0.2, 0) is 0 Å². The van der Waals surface area contributed by atoms with Gasteiger partial charge in [-0.15, -0.1) is 0 Å². The molecule has 2 heterocycles. The van der Waals surface area contributed by atoms with Crippen molar-refractivity contribution in [2.45, 2.75) is 6.92 Å². The summed E-state index contributed by atoms with van der Waals surface area (Å²) in [5, 5.41) is 2.98. The van der Waals surface area contributed by atoms with Crippen molar-refractivity contribution in [3.63, 3.8) is 0 Å². The first-order valence-corrected chi connectivity index (χ1v) is 4.86. The lowest BCUT2D eigenvalue weighted by atomic mass is 10.2. The molecule has 0 aromatic carbocycles. The van der Waals surface area contributed by atoms with Crippen LogP contribution in [0.5, 0.6) is 0 Å². The zero-order chi connectivity index (χ0) is 10.7. The SMILES string of the molecule is CNc1ccc(-c2ccc(C)cn2)cn1. The number of aryl methyl sites for hydroxylation is 1. The molecule has 76 valence electrons. The van der Waals surface area contributed by atoms with Crippen molar-refractivity contribution in [2.24, 2.45) is 0 Å². The van der Waals surface area contributed by atoms with E-state index < -0.39 is 0 Å². The molecule has 2 aromatic rings. The van der Waals surface area contributed by atoms with Crippen molar-refractivity contribution < 1.29 is 0 Å². The molecule has 2 rings (SSSR count). The minimum Gasteiger partial charge on any atom is -0.373 e. The summed E-state index contributed by atoms with van der Waals surface area (Å²) in [6.07, 6.45) is 3.69. The van der Waals surface area contributed by atoms with Crippen molar-refractivity contribution in [2.75, 3.05) is 12.4 Å². The van der Waals surface area contributed by atoms with Crippen molar-refractivity contribution >= 4 is 5.82 Å².